The molecule has 1 heterocycles. The third kappa shape index (κ3) is 3.62. The third-order valence-corrected chi connectivity index (χ3v) is 3.30. The molecule has 0 unspecified atom stereocenters. The van der Waals surface area contributed by atoms with E-state index in [1.165, 1.54) is 11.3 Å². The van der Waals surface area contributed by atoms with E-state index in [4.69, 9.17) is 11.6 Å². The van der Waals surface area contributed by atoms with E-state index < -0.39 is 0 Å². The van der Waals surface area contributed by atoms with Crippen LogP contribution in [0.1, 0.15) is 32.3 Å². The summed E-state index contributed by atoms with van der Waals surface area (Å²) in [7, 11) is 2.16. The van der Waals surface area contributed by atoms with Gasteiger partial charge in [-0.15, -0.1) is 0 Å². The van der Waals surface area contributed by atoms with Crippen LogP contribution in [0.4, 0.5) is 5.69 Å². The molecule has 1 atom stereocenters. The van der Waals surface area contributed by atoms with Crippen molar-refractivity contribution in [2.45, 2.75) is 26.7 Å². The summed E-state index contributed by atoms with van der Waals surface area (Å²) in [6.45, 7) is 9.39. The standard InChI is InChI=1S/C12H17ClN2.C2H6/c1-3-15(2)8-9-7-14-12-5-4-10(13)6-11(9)12;1-2/h4-6,9,14H,3,7-8H2,1-2H3;1-2H3/t9-;/m1./s1. The fraction of sp³-hybridized carbons (Fsp3) is 0.571. The molecular formula is C14H23ClN2. The summed E-state index contributed by atoms with van der Waals surface area (Å²) in [6, 6.07) is 6.11. The van der Waals surface area contributed by atoms with Crippen LogP contribution in [0.15, 0.2) is 18.2 Å². The van der Waals surface area contributed by atoms with Crippen LogP contribution in [0.3, 0.4) is 0 Å². The maximum atomic E-state index is 6.02. The van der Waals surface area contributed by atoms with Crippen LogP contribution in [0.25, 0.3) is 0 Å². The molecule has 96 valence electrons. The van der Waals surface area contributed by atoms with Crippen molar-refractivity contribution in [2.24, 2.45) is 0 Å². The van der Waals surface area contributed by atoms with Gasteiger partial charge in [0.2, 0.25) is 0 Å². The molecule has 1 aromatic rings. The number of likely N-dealkylation sites (N-methyl/N-ethyl adjacent to an activating group) is 1. The van der Waals surface area contributed by atoms with Crippen LogP contribution in [-0.4, -0.2) is 31.6 Å². The average Bonchev–Trinajstić information content (AvgIpc) is 2.74. The highest BCUT2D eigenvalue weighted by molar-refractivity contribution is 6.30. The second kappa shape index (κ2) is 6.87. The fourth-order valence-corrected chi connectivity index (χ4v) is 2.22. The number of benzene rings is 1. The first kappa shape index (κ1) is 14.3. The fourth-order valence-electron chi connectivity index (χ4n) is 2.04. The molecule has 0 spiro atoms. The first-order valence-electron chi connectivity index (χ1n) is 6.42. The first-order valence-corrected chi connectivity index (χ1v) is 6.80. The van der Waals surface area contributed by atoms with Crippen molar-refractivity contribution in [3.05, 3.63) is 28.8 Å². The second-order valence-corrected chi connectivity index (χ2v) is 4.60. The van der Waals surface area contributed by atoms with Crippen molar-refractivity contribution >= 4 is 17.3 Å². The number of nitrogens with one attached hydrogen (secondary N) is 1. The van der Waals surface area contributed by atoms with Crippen LogP contribution >= 0.6 is 11.6 Å². The normalized spacial score (nSPS) is 17.2. The van der Waals surface area contributed by atoms with Crippen molar-refractivity contribution in [3.8, 4) is 0 Å². The highest BCUT2D eigenvalue weighted by Crippen LogP contribution is 2.33. The topological polar surface area (TPSA) is 15.3 Å². The molecule has 1 aliphatic heterocycles. The molecule has 1 aromatic carbocycles. The molecule has 17 heavy (non-hydrogen) atoms. The Labute approximate surface area is 110 Å². The lowest BCUT2D eigenvalue weighted by molar-refractivity contribution is 0.333. The molecule has 0 saturated heterocycles. The van der Waals surface area contributed by atoms with Gasteiger partial charge in [0.15, 0.2) is 0 Å². The van der Waals surface area contributed by atoms with E-state index in [-0.39, 0.29) is 0 Å². The Morgan fingerprint density at radius 3 is 2.76 bits per heavy atom. The summed E-state index contributed by atoms with van der Waals surface area (Å²) in [5.74, 6) is 0.573. The van der Waals surface area contributed by atoms with Gasteiger partial charge >= 0.3 is 0 Å². The van der Waals surface area contributed by atoms with Gasteiger partial charge in [0.05, 0.1) is 0 Å². The largest absolute Gasteiger partial charge is 0.384 e. The molecule has 2 rings (SSSR count). The van der Waals surface area contributed by atoms with Gasteiger partial charge < -0.3 is 10.2 Å². The molecule has 0 saturated carbocycles. The zero-order chi connectivity index (χ0) is 12.8. The Morgan fingerprint density at radius 2 is 2.12 bits per heavy atom. The molecule has 0 radical (unpaired) electrons. The summed E-state index contributed by atoms with van der Waals surface area (Å²) < 4.78 is 0. The smallest absolute Gasteiger partial charge is 0.0410 e. The Kier molecular flexibility index (Phi) is 5.79. The number of halogens is 1. The number of rotatable bonds is 3. The summed E-state index contributed by atoms with van der Waals surface area (Å²) in [5.41, 5.74) is 2.61. The van der Waals surface area contributed by atoms with Crippen LogP contribution in [0.2, 0.25) is 5.02 Å². The summed E-state index contributed by atoms with van der Waals surface area (Å²) >= 11 is 6.02. The van der Waals surface area contributed by atoms with Crippen molar-refractivity contribution in [2.75, 3.05) is 32.0 Å². The molecule has 0 aliphatic carbocycles. The molecule has 0 fully saturated rings. The summed E-state index contributed by atoms with van der Waals surface area (Å²) in [5, 5.41) is 4.26. The maximum Gasteiger partial charge on any atom is 0.0410 e. The van der Waals surface area contributed by atoms with Crippen LogP contribution in [0, 0.1) is 0 Å². The monoisotopic (exact) mass is 254 g/mol. The van der Waals surface area contributed by atoms with E-state index >= 15 is 0 Å². The summed E-state index contributed by atoms with van der Waals surface area (Å²) in [4.78, 5) is 2.34. The lowest BCUT2D eigenvalue weighted by Crippen LogP contribution is -2.25. The molecule has 3 heteroatoms. The van der Waals surface area contributed by atoms with Crippen molar-refractivity contribution in [1.29, 1.82) is 0 Å². The number of hydrogen-bond acceptors (Lipinski definition) is 2. The van der Waals surface area contributed by atoms with E-state index in [1.807, 2.05) is 19.9 Å². The van der Waals surface area contributed by atoms with Gasteiger partial charge in [0, 0.05) is 29.7 Å². The van der Waals surface area contributed by atoms with Gasteiger partial charge in [0.25, 0.3) is 0 Å². The van der Waals surface area contributed by atoms with Crippen molar-refractivity contribution in [3.63, 3.8) is 0 Å². The number of fused-ring (bicyclic) bond motifs is 1. The number of nitrogens with zero attached hydrogens (tertiary/aromatic N) is 1. The molecule has 1 N–H and O–H groups in total. The molecular weight excluding hydrogens is 232 g/mol. The van der Waals surface area contributed by atoms with Gasteiger partial charge in [-0.3, -0.25) is 0 Å². The van der Waals surface area contributed by atoms with Crippen LogP contribution in [0.5, 0.6) is 0 Å². The predicted molar refractivity (Wildman–Crippen MR) is 77.2 cm³/mol. The van der Waals surface area contributed by atoms with Gasteiger partial charge in [0.1, 0.15) is 0 Å². The highest BCUT2D eigenvalue weighted by Gasteiger charge is 2.22. The quantitative estimate of drug-likeness (QED) is 0.882. The van der Waals surface area contributed by atoms with E-state index in [0.717, 1.165) is 24.7 Å². The zero-order valence-corrected chi connectivity index (χ0v) is 12.0. The average molecular weight is 255 g/mol. The van der Waals surface area contributed by atoms with E-state index in [0.29, 0.717) is 5.92 Å². The lowest BCUT2D eigenvalue weighted by Gasteiger charge is -2.19. The third-order valence-electron chi connectivity index (χ3n) is 3.06. The zero-order valence-electron chi connectivity index (χ0n) is 11.3. The Balaban J connectivity index is 0.000000686. The van der Waals surface area contributed by atoms with Gasteiger partial charge in [-0.05, 0) is 37.4 Å². The van der Waals surface area contributed by atoms with Crippen LogP contribution in [-0.2, 0) is 0 Å². The van der Waals surface area contributed by atoms with Gasteiger partial charge in [-0.2, -0.15) is 0 Å². The summed E-state index contributed by atoms with van der Waals surface area (Å²) in [6.07, 6.45) is 0. The maximum absolute atomic E-state index is 6.02. The lowest BCUT2D eigenvalue weighted by atomic mass is 10.0. The number of anilines is 1. The van der Waals surface area contributed by atoms with Crippen molar-refractivity contribution in [1.82, 2.24) is 4.90 Å². The van der Waals surface area contributed by atoms with E-state index in [2.05, 4.69) is 36.3 Å². The number of hydrogen-bond donors (Lipinski definition) is 1. The predicted octanol–water partition coefficient (Wildman–Crippen LogP) is 3.83. The van der Waals surface area contributed by atoms with Crippen molar-refractivity contribution < 1.29 is 0 Å². The molecule has 0 aromatic heterocycles. The minimum atomic E-state index is 0.573. The minimum absolute atomic E-state index is 0.573. The van der Waals surface area contributed by atoms with Crippen LogP contribution < -0.4 is 5.32 Å². The highest BCUT2D eigenvalue weighted by atomic mass is 35.5. The minimum Gasteiger partial charge on any atom is -0.384 e. The SMILES string of the molecule is CC.CCN(C)C[C@H]1CNc2ccc(Cl)cc21. The Bertz CT molecular complexity index is 352. The van der Waals surface area contributed by atoms with E-state index in [9.17, 15) is 0 Å². The molecule has 0 bridgehead atoms. The van der Waals surface area contributed by atoms with Gasteiger partial charge in [-0.1, -0.05) is 32.4 Å². The Hall–Kier alpha value is -0.730. The first-order chi connectivity index (χ1) is 8.20. The van der Waals surface area contributed by atoms with Gasteiger partial charge in [-0.25, -0.2) is 0 Å². The van der Waals surface area contributed by atoms with E-state index in [1.54, 1.807) is 0 Å². The second-order valence-electron chi connectivity index (χ2n) is 4.16. The molecule has 2 nitrogen and oxygen atoms in total. The molecule has 1 aliphatic rings. The molecule has 0 amide bonds. The Morgan fingerprint density at radius 1 is 1.41 bits per heavy atom.